The molecule has 0 saturated carbocycles. The number of aliphatic hydroxyl groups excluding tert-OH is 1. The Morgan fingerprint density at radius 1 is 0.211 bits per heavy atom. The second-order valence-electron chi connectivity index (χ2n) is 26.7. The van der Waals surface area contributed by atoms with Crippen molar-refractivity contribution in [3.05, 3.63) is 312 Å². The first kappa shape index (κ1) is 93.9. The summed E-state index contributed by atoms with van der Waals surface area (Å²) in [5.74, 6) is 3.90. The van der Waals surface area contributed by atoms with Crippen molar-refractivity contribution < 1.29 is 55.8 Å². The standard InChI is InChI=1S/3C18H18.2C14H16.C10H14.5CH4O2.CH4O/c1-3-13(2)18-16-10-6-4-8-14(16)12-15-9-5-7-11-17(15)18;1-3-13(2)14-8-9-17-11-15-6-4-5-7-16(15)12-18(17)10-14;1-3-13(2)16-11-10-15-9-8-14-6-4-5-7-17(14)18(15)12-16;1-3-11(2)13-10-6-8-12-7-4-5-9-14(12)13;1-3-11(2)13-9-8-12-6-4-5-7-14(12)10-13;1-3-9(2)10-7-5-4-6-8-10;5*1-3-2;1-2/h3*4-13H,3H2,1-2H3;2*4-11H,3H2,1-2H3;4-9H,3H2,1-2H3;5*2H,1H3;2H,1H3. The summed E-state index contributed by atoms with van der Waals surface area (Å²) in [5.41, 5.74) is 8.77. The zero-order valence-corrected chi connectivity index (χ0v) is 68.0. The predicted molar refractivity (Wildman–Crippen MR) is 467 cm³/mol. The third-order valence-electron chi connectivity index (χ3n) is 19.7. The highest BCUT2D eigenvalue weighted by molar-refractivity contribution is 6.08. The molecular formula is C98H124O11. The van der Waals surface area contributed by atoms with Crippen molar-refractivity contribution in [1.82, 2.24) is 0 Å². The minimum absolute atomic E-state index is 0.598. The zero-order chi connectivity index (χ0) is 80.5. The van der Waals surface area contributed by atoms with Crippen molar-refractivity contribution in [2.75, 3.05) is 42.7 Å². The fourth-order valence-corrected chi connectivity index (χ4v) is 12.5. The van der Waals surface area contributed by atoms with E-state index in [2.05, 4.69) is 387 Å². The van der Waals surface area contributed by atoms with Gasteiger partial charge in [-0.2, -0.15) is 0 Å². The van der Waals surface area contributed by atoms with Crippen LogP contribution in [0.3, 0.4) is 0 Å². The first-order valence-electron chi connectivity index (χ1n) is 38.0. The van der Waals surface area contributed by atoms with Crippen LogP contribution in [0.4, 0.5) is 0 Å². The highest BCUT2D eigenvalue weighted by atomic mass is 17.1. The molecule has 11 nitrogen and oxygen atoms in total. The average Bonchev–Trinajstić information content (AvgIpc) is 0.778. The maximum atomic E-state index is 7.07. The van der Waals surface area contributed by atoms with E-state index in [0.717, 1.165) is 7.11 Å². The van der Waals surface area contributed by atoms with Gasteiger partial charge in [-0.15, -0.1) is 0 Å². The predicted octanol–water partition coefficient (Wildman–Crippen LogP) is 28.6. The molecule has 0 heterocycles. The highest BCUT2D eigenvalue weighted by Gasteiger charge is 2.13. The molecule has 6 N–H and O–H groups in total. The second kappa shape index (κ2) is 54.3. The molecule has 0 fully saturated rings. The molecule has 0 aliphatic carbocycles. The molecule has 14 aromatic rings. The molecule has 0 bridgehead atoms. The van der Waals surface area contributed by atoms with Crippen LogP contribution < -0.4 is 0 Å². The number of benzene rings is 14. The summed E-state index contributed by atoms with van der Waals surface area (Å²) in [6.07, 6.45) is 7.20. The van der Waals surface area contributed by atoms with Gasteiger partial charge in [0.1, 0.15) is 0 Å². The van der Waals surface area contributed by atoms with Crippen molar-refractivity contribution >= 4 is 86.2 Å². The fraction of sp³-hybridized carbons (Fsp3) is 0.306. The Kier molecular flexibility index (Phi) is 46.8. The molecule has 0 aliphatic rings. The van der Waals surface area contributed by atoms with Crippen LogP contribution in [0.25, 0.3) is 86.2 Å². The van der Waals surface area contributed by atoms with Crippen molar-refractivity contribution in [1.29, 1.82) is 0 Å². The van der Waals surface area contributed by atoms with Gasteiger partial charge >= 0.3 is 0 Å². The zero-order valence-electron chi connectivity index (χ0n) is 68.0. The van der Waals surface area contributed by atoms with Crippen LogP contribution in [0.1, 0.15) is 190 Å². The minimum atomic E-state index is 0.598. The molecule has 0 spiro atoms. The molecule has 0 amide bonds. The summed E-state index contributed by atoms with van der Waals surface area (Å²) in [4.78, 5) is 16.2. The van der Waals surface area contributed by atoms with Gasteiger partial charge in [0.15, 0.2) is 0 Å². The van der Waals surface area contributed by atoms with Gasteiger partial charge in [-0.1, -0.05) is 344 Å². The molecule has 6 unspecified atom stereocenters. The summed E-state index contributed by atoms with van der Waals surface area (Å²) >= 11 is 0. The van der Waals surface area contributed by atoms with E-state index in [0.29, 0.717) is 35.5 Å². The molecule has 14 rings (SSSR count). The van der Waals surface area contributed by atoms with Gasteiger partial charge in [0.05, 0.1) is 35.5 Å². The van der Waals surface area contributed by atoms with Crippen molar-refractivity contribution in [3.8, 4) is 0 Å². The SMILES string of the molecule is CCC(C)c1c2ccccc2cc2ccccc12.CCC(C)c1ccc2cc3ccccc3cc2c1.CCC(C)c1ccc2ccc3ccccc3c2c1.CCC(C)c1ccc2ccccc2c1.CCC(C)c1cccc2ccccc12.CCC(C)c1ccccc1.CO.COO.COO.COO.COO.COO. The lowest BCUT2D eigenvalue weighted by molar-refractivity contribution is -0.215. The second-order valence-corrected chi connectivity index (χ2v) is 26.7. The molecule has 582 valence electrons. The fourth-order valence-electron chi connectivity index (χ4n) is 12.5. The number of hydrogen-bond acceptors (Lipinski definition) is 11. The highest BCUT2D eigenvalue weighted by Crippen LogP contribution is 2.36. The van der Waals surface area contributed by atoms with Crippen LogP contribution in [0, 0.1) is 0 Å². The summed E-state index contributed by atoms with van der Waals surface area (Å²) in [6, 6.07) is 101. The average molecular weight is 1480 g/mol. The number of hydrogen-bond donors (Lipinski definition) is 6. The monoisotopic (exact) mass is 1480 g/mol. The summed E-state index contributed by atoms with van der Waals surface area (Å²) in [5, 5.41) is 64.0. The Morgan fingerprint density at radius 3 is 0.917 bits per heavy atom. The van der Waals surface area contributed by atoms with Crippen LogP contribution in [0.2, 0.25) is 0 Å². The van der Waals surface area contributed by atoms with Gasteiger partial charge in [-0.25, -0.2) is 24.4 Å². The molecule has 0 aliphatic heterocycles. The first-order valence-corrected chi connectivity index (χ1v) is 38.0. The van der Waals surface area contributed by atoms with Gasteiger partial charge in [-0.05, 0) is 212 Å². The van der Waals surface area contributed by atoms with Crippen molar-refractivity contribution in [3.63, 3.8) is 0 Å². The lowest BCUT2D eigenvalue weighted by atomic mass is 9.88. The third-order valence-corrected chi connectivity index (χ3v) is 19.7. The molecule has 11 heteroatoms. The van der Waals surface area contributed by atoms with E-state index in [1.165, 1.54) is 194 Å². The van der Waals surface area contributed by atoms with Crippen LogP contribution in [0.5, 0.6) is 0 Å². The molecule has 0 saturated heterocycles. The number of aliphatic hydroxyl groups is 1. The van der Waals surface area contributed by atoms with Crippen LogP contribution in [0.15, 0.2) is 279 Å². The molecule has 0 aromatic heterocycles. The summed E-state index contributed by atoms with van der Waals surface area (Å²) in [7, 11) is 6.90. The molecular weight excluding hydrogens is 1350 g/mol. The van der Waals surface area contributed by atoms with Gasteiger partial charge < -0.3 is 5.11 Å². The van der Waals surface area contributed by atoms with Crippen molar-refractivity contribution in [2.45, 2.75) is 157 Å². The Hall–Kier alpha value is -9.28. The van der Waals surface area contributed by atoms with E-state index in [9.17, 15) is 0 Å². The lowest BCUT2D eigenvalue weighted by Crippen LogP contribution is -1.95. The van der Waals surface area contributed by atoms with E-state index < -0.39 is 0 Å². The molecule has 6 atom stereocenters. The van der Waals surface area contributed by atoms with Gasteiger partial charge in [0.25, 0.3) is 0 Å². The Balaban J connectivity index is 0.000000327. The Bertz CT molecular complexity index is 4660. The third kappa shape index (κ3) is 30.3. The smallest absolute Gasteiger partial charge is 0.0710 e. The summed E-state index contributed by atoms with van der Waals surface area (Å²) in [6.45, 7) is 27.2. The molecule has 0 radical (unpaired) electrons. The maximum Gasteiger partial charge on any atom is 0.0710 e. The quantitative estimate of drug-likeness (QED) is 0.0298. The summed E-state index contributed by atoms with van der Waals surface area (Å²) < 4.78 is 0. The largest absolute Gasteiger partial charge is 0.400 e. The normalized spacial score (nSPS) is 11.9. The van der Waals surface area contributed by atoms with E-state index in [4.69, 9.17) is 31.4 Å². The van der Waals surface area contributed by atoms with E-state index in [-0.39, 0.29) is 0 Å². The molecule has 14 aromatic carbocycles. The van der Waals surface area contributed by atoms with Gasteiger partial charge in [0.2, 0.25) is 0 Å². The van der Waals surface area contributed by atoms with Crippen LogP contribution in [-0.4, -0.2) is 74.1 Å². The topological polar surface area (TPSA) is 168 Å². The van der Waals surface area contributed by atoms with Crippen molar-refractivity contribution in [2.24, 2.45) is 0 Å². The minimum Gasteiger partial charge on any atom is -0.400 e. The number of rotatable bonds is 12. The molecule has 109 heavy (non-hydrogen) atoms. The maximum absolute atomic E-state index is 7.07. The Labute approximate surface area is 650 Å². The number of fused-ring (bicyclic) bond motifs is 9. The van der Waals surface area contributed by atoms with Gasteiger partial charge in [0, 0.05) is 7.11 Å². The van der Waals surface area contributed by atoms with Crippen LogP contribution in [-0.2, 0) is 24.4 Å². The Morgan fingerprint density at radius 2 is 0.477 bits per heavy atom. The van der Waals surface area contributed by atoms with E-state index in [1.807, 2.05) is 0 Å². The van der Waals surface area contributed by atoms with E-state index in [1.54, 1.807) is 0 Å². The lowest BCUT2D eigenvalue weighted by Gasteiger charge is -2.16. The first-order chi connectivity index (χ1) is 52.9. The van der Waals surface area contributed by atoms with Gasteiger partial charge in [-0.3, -0.25) is 26.3 Å². The van der Waals surface area contributed by atoms with Crippen LogP contribution >= 0.6 is 0 Å². The van der Waals surface area contributed by atoms with E-state index >= 15 is 0 Å².